The Labute approximate surface area is 162 Å². The van der Waals surface area contributed by atoms with Crippen LogP contribution in [0.1, 0.15) is 0 Å². The van der Waals surface area contributed by atoms with E-state index in [1.807, 2.05) is 12.1 Å². The molecule has 2 nitrogen and oxygen atoms in total. The van der Waals surface area contributed by atoms with Crippen LogP contribution in [0.15, 0.2) is 66.7 Å². The van der Waals surface area contributed by atoms with Gasteiger partial charge in [0, 0.05) is 38.0 Å². The lowest BCUT2D eigenvalue weighted by Gasteiger charge is -2.04. The van der Waals surface area contributed by atoms with E-state index in [4.69, 9.17) is 15.7 Å². The minimum absolute atomic E-state index is 0.759. The summed E-state index contributed by atoms with van der Waals surface area (Å²) in [6, 6.07) is 23.1. The maximum atomic E-state index is 6.58. The minimum Gasteiger partial charge on any atom is -0.354 e. The third-order valence-corrected chi connectivity index (χ3v) is 6.12. The first-order chi connectivity index (χ1) is 13.7. The van der Waals surface area contributed by atoms with E-state index < -0.39 is 0 Å². The number of aromatic amines is 1. The van der Waals surface area contributed by atoms with Crippen molar-refractivity contribution in [1.82, 2.24) is 9.38 Å². The van der Waals surface area contributed by atoms with E-state index in [0.717, 1.165) is 43.9 Å². The Morgan fingerprint density at radius 2 is 1.43 bits per heavy atom. The maximum absolute atomic E-state index is 6.58. The molecule has 4 aromatic carbocycles. The van der Waals surface area contributed by atoms with Crippen LogP contribution in [0.25, 0.3) is 59.9 Å². The van der Waals surface area contributed by atoms with Crippen molar-refractivity contribution < 1.29 is 0 Å². The molecule has 7 aromatic rings. The fraction of sp³-hybridized carbons (Fsp3) is 0. The van der Waals surface area contributed by atoms with Crippen molar-refractivity contribution >= 4 is 86.5 Å². The summed E-state index contributed by atoms with van der Waals surface area (Å²) in [4.78, 5) is 3.58. The first-order valence-corrected chi connectivity index (χ1v) is 9.38. The van der Waals surface area contributed by atoms with Crippen LogP contribution >= 0.6 is 0 Å². The normalized spacial score (nSPS) is 12.6. The van der Waals surface area contributed by atoms with Crippen LogP contribution < -0.4 is 10.9 Å². The standard InChI is InChI=1S/C24H12B2N2/c25-12-7-8-13-14-9-10-16(26)21-15-3-1-4-17-22(15)23-18(27-17)5-2-6-19(23)28(24(14)21)20(13)11-12/h1-11,27H. The molecule has 0 aliphatic carbocycles. The van der Waals surface area contributed by atoms with Gasteiger partial charge in [0.15, 0.2) is 0 Å². The molecular weight excluding hydrogens is 338 g/mol. The van der Waals surface area contributed by atoms with Crippen LogP contribution in [0.5, 0.6) is 0 Å². The Morgan fingerprint density at radius 3 is 2.32 bits per heavy atom. The molecule has 4 radical (unpaired) electrons. The van der Waals surface area contributed by atoms with Crippen molar-refractivity contribution in [3.05, 3.63) is 66.7 Å². The second kappa shape index (κ2) is 4.71. The van der Waals surface area contributed by atoms with E-state index in [1.165, 1.54) is 26.9 Å². The Morgan fingerprint density at radius 1 is 0.643 bits per heavy atom. The highest BCUT2D eigenvalue weighted by Gasteiger charge is 2.19. The number of benzene rings is 4. The van der Waals surface area contributed by atoms with Gasteiger partial charge in [0.25, 0.3) is 0 Å². The molecule has 0 spiro atoms. The number of fused-ring (bicyclic) bond motifs is 5. The van der Waals surface area contributed by atoms with Gasteiger partial charge < -0.3 is 9.38 Å². The largest absolute Gasteiger partial charge is 0.354 e. The van der Waals surface area contributed by atoms with Gasteiger partial charge in [0.1, 0.15) is 15.7 Å². The van der Waals surface area contributed by atoms with Crippen LogP contribution in [-0.4, -0.2) is 25.1 Å². The van der Waals surface area contributed by atoms with Crippen LogP contribution in [0.4, 0.5) is 0 Å². The Bertz CT molecular complexity index is 1740. The zero-order valence-electron chi connectivity index (χ0n) is 15.0. The molecule has 0 fully saturated rings. The van der Waals surface area contributed by atoms with E-state index in [9.17, 15) is 0 Å². The monoisotopic (exact) mass is 350 g/mol. The summed E-state index contributed by atoms with van der Waals surface area (Å²) >= 11 is 0. The van der Waals surface area contributed by atoms with Crippen molar-refractivity contribution in [1.29, 1.82) is 0 Å². The second-order valence-corrected chi connectivity index (χ2v) is 7.59. The van der Waals surface area contributed by atoms with Gasteiger partial charge in [-0.3, -0.25) is 0 Å². The highest BCUT2D eigenvalue weighted by atomic mass is 14.9. The predicted octanol–water partition coefficient (Wildman–Crippen LogP) is 4.06. The summed E-state index contributed by atoms with van der Waals surface area (Å²) in [5.41, 5.74) is 7.23. The fourth-order valence-electron chi connectivity index (χ4n) is 5.04. The molecule has 1 N–H and O–H groups in total. The third kappa shape index (κ3) is 1.55. The Balaban J connectivity index is 2.05. The molecule has 0 aliphatic rings. The summed E-state index contributed by atoms with van der Waals surface area (Å²) in [6.07, 6.45) is 0. The first-order valence-electron chi connectivity index (χ1n) is 9.38. The molecule has 0 bridgehead atoms. The summed E-state index contributed by atoms with van der Waals surface area (Å²) in [5.74, 6) is 0. The summed E-state index contributed by atoms with van der Waals surface area (Å²) in [7, 11) is 12.8. The molecule has 3 heterocycles. The average molecular weight is 350 g/mol. The summed E-state index contributed by atoms with van der Waals surface area (Å²) in [5, 5.41) is 7.11. The van der Waals surface area contributed by atoms with Crippen molar-refractivity contribution in [3.63, 3.8) is 0 Å². The van der Waals surface area contributed by atoms with E-state index >= 15 is 0 Å². The van der Waals surface area contributed by atoms with Crippen molar-refractivity contribution in [2.75, 3.05) is 0 Å². The maximum Gasteiger partial charge on any atom is 0.114 e. The number of H-pyrrole nitrogens is 1. The molecular formula is C24H12B2N2. The molecule has 0 unspecified atom stereocenters. The highest BCUT2D eigenvalue weighted by molar-refractivity contribution is 6.45. The van der Waals surface area contributed by atoms with Gasteiger partial charge in [-0.05, 0) is 29.7 Å². The van der Waals surface area contributed by atoms with Gasteiger partial charge in [-0.1, -0.05) is 53.4 Å². The molecule has 28 heavy (non-hydrogen) atoms. The summed E-state index contributed by atoms with van der Waals surface area (Å²) < 4.78 is 2.34. The lowest BCUT2D eigenvalue weighted by atomic mass is 9.88. The molecule has 0 saturated carbocycles. The Kier molecular flexibility index (Phi) is 2.46. The van der Waals surface area contributed by atoms with Crippen LogP contribution in [0.2, 0.25) is 0 Å². The average Bonchev–Trinajstić information content (AvgIpc) is 3.18. The van der Waals surface area contributed by atoms with Gasteiger partial charge in [-0.2, -0.15) is 0 Å². The highest BCUT2D eigenvalue weighted by Crippen LogP contribution is 2.40. The van der Waals surface area contributed by atoms with Crippen LogP contribution in [0, 0.1) is 0 Å². The van der Waals surface area contributed by atoms with E-state index in [-0.39, 0.29) is 0 Å². The van der Waals surface area contributed by atoms with Crippen molar-refractivity contribution in [2.45, 2.75) is 0 Å². The second-order valence-electron chi connectivity index (χ2n) is 7.59. The van der Waals surface area contributed by atoms with Crippen LogP contribution in [-0.2, 0) is 0 Å². The summed E-state index contributed by atoms with van der Waals surface area (Å²) in [6.45, 7) is 0. The molecule has 3 aromatic heterocycles. The zero-order valence-corrected chi connectivity index (χ0v) is 15.0. The number of rotatable bonds is 0. The molecule has 4 heteroatoms. The van der Waals surface area contributed by atoms with Gasteiger partial charge in [0.2, 0.25) is 0 Å². The van der Waals surface area contributed by atoms with Gasteiger partial charge >= 0.3 is 0 Å². The predicted molar refractivity (Wildman–Crippen MR) is 121 cm³/mol. The SMILES string of the molecule is [B]c1ccc2c3ccc([B])c4c5cccc6[nH]c7cccc(c7c65)n(c2c1)c34. The number of aromatic nitrogens is 2. The molecule has 0 aliphatic heterocycles. The fourth-order valence-corrected chi connectivity index (χ4v) is 5.04. The molecule has 0 saturated heterocycles. The van der Waals surface area contributed by atoms with Gasteiger partial charge in [0.05, 0.1) is 16.6 Å². The van der Waals surface area contributed by atoms with Crippen LogP contribution in [0.3, 0.4) is 0 Å². The quantitative estimate of drug-likeness (QED) is 0.398. The van der Waals surface area contributed by atoms with E-state index in [1.54, 1.807) is 0 Å². The number of nitrogens with one attached hydrogen (secondary N) is 1. The van der Waals surface area contributed by atoms with E-state index in [2.05, 4.69) is 64.0 Å². The van der Waals surface area contributed by atoms with Gasteiger partial charge in [-0.25, -0.2) is 0 Å². The molecule has 124 valence electrons. The van der Waals surface area contributed by atoms with Crippen molar-refractivity contribution in [2.24, 2.45) is 0 Å². The van der Waals surface area contributed by atoms with E-state index in [0.29, 0.717) is 0 Å². The number of hydrogen-bond donors (Lipinski definition) is 1. The Hall–Kier alpha value is -3.39. The lowest BCUT2D eigenvalue weighted by molar-refractivity contribution is 1.36. The molecule has 7 rings (SSSR count). The third-order valence-electron chi connectivity index (χ3n) is 6.12. The topological polar surface area (TPSA) is 20.2 Å². The first kappa shape index (κ1) is 14.6. The molecule has 0 amide bonds. The minimum atomic E-state index is 0.759. The van der Waals surface area contributed by atoms with Gasteiger partial charge in [-0.15, -0.1) is 0 Å². The zero-order chi connectivity index (χ0) is 18.6. The van der Waals surface area contributed by atoms with Crippen molar-refractivity contribution in [3.8, 4) is 0 Å². The smallest absolute Gasteiger partial charge is 0.114 e. The molecule has 0 atom stereocenters. The lowest BCUT2D eigenvalue weighted by Crippen LogP contribution is -2.03. The number of nitrogens with zero attached hydrogens (tertiary/aromatic N) is 1. The number of hydrogen-bond acceptors (Lipinski definition) is 0.